The van der Waals surface area contributed by atoms with E-state index < -0.39 is 0 Å². The molecule has 0 bridgehead atoms. The summed E-state index contributed by atoms with van der Waals surface area (Å²) in [7, 11) is 0. The van der Waals surface area contributed by atoms with Crippen LogP contribution in [-0.4, -0.2) is 27.9 Å². The monoisotopic (exact) mass is 460 g/mol. The van der Waals surface area contributed by atoms with Crippen molar-refractivity contribution in [3.05, 3.63) is 94.3 Å². The van der Waals surface area contributed by atoms with E-state index in [0.717, 1.165) is 33.7 Å². The van der Waals surface area contributed by atoms with Crippen LogP contribution in [0.4, 0.5) is 5.69 Å². The van der Waals surface area contributed by atoms with Crippen molar-refractivity contribution in [2.45, 2.75) is 26.8 Å². The molecule has 0 spiro atoms. The van der Waals surface area contributed by atoms with Crippen LogP contribution in [0.25, 0.3) is 11.0 Å². The number of rotatable bonds is 7. The number of carbonyl (C=O) groups excluding carboxylic acids is 2. The van der Waals surface area contributed by atoms with Crippen molar-refractivity contribution in [2.24, 2.45) is 0 Å². The van der Waals surface area contributed by atoms with Crippen molar-refractivity contribution < 1.29 is 9.59 Å². The average molecular weight is 461 g/mol. The van der Waals surface area contributed by atoms with Crippen LogP contribution in [0.3, 0.4) is 0 Å². The van der Waals surface area contributed by atoms with Gasteiger partial charge in [0.05, 0.1) is 21.6 Å². The molecule has 0 aliphatic carbocycles. The van der Waals surface area contributed by atoms with Crippen LogP contribution in [0.5, 0.6) is 0 Å². The van der Waals surface area contributed by atoms with Gasteiger partial charge >= 0.3 is 0 Å². The lowest BCUT2D eigenvalue weighted by Gasteiger charge is -2.12. The zero-order valence-electron chi connectivity index (χ0n) is 18.6. The maximum atomic E-state index is 12.9. The number of fused-ring (bicyclic) bond motifs is 1. The Morgan fingerprint density at radius 2 is 1.67 bits per heavy atom. The Morgan fingerprint density at radius 1 is 0.970 bits per heavy atom. The summed E-state index contributed by atoms with van der Waals surface area (Å²) in [5.74, 6) is 0.353. The number of nitrogens with one attached hydrogen (secondary N) is 2. The maximum absolute atomic E-state index is 12.9. The first-order valence-corrected chi connectivity index (χ1v) is 11.1. The van der Waals surface area contributed by atoms with Crippen LogP contribution in [0.15, 0.2) is 66.7 Å². The Balaban J connectivity index is 1.49. The fourth-order valence-electron chi connectivity index (χ4n) is 3.91. The summed E-state index contributed by atoms with van der Waals surface area (Å²) in [5, 5.41) is 6.28. The highest BCUT2D eigenvalue weighted by molar-refractivity contribution is 6.33. The van der Waals surface area contributed by atoms with Gasteiger partial charge in [0.15, 0.2) is 0 Å². The molecule has 0 unspecified atom stereocenters. The Kier molecular flexibility index (Phi) is 6.75. The summed E-state index contributed by atoms with van der Waals surface area (Å²) >= 11 is 6.12. The van der Waals surface area contributed by atoms with Crippen molar-refractivity contribution >= 4 is 40.1 Å². The van der Waals surface area contributed by atoms with Crippen molar-refractivity contribution in [1.29, 1.82) is 0 Å². The molecule has 0 radical (unpaired) electrons. The van der Waals surface area contributed by atoms with Gasteiger partial charge in [0.1, 0.15) is 12.4 Å². The standard InChI is InChI=1S/C26H25ClN4O2/c1-17-13-18(2)15-19(14-17)29-25(32)16-31-23-10-6-5-9-22(23)30-24(31)11-12-28-26(33)20-7-3-4-8-21(20)27/h3-10,13-15H,11-12,16H2,1-2H3,(H,28,33)(H,29,32). The van der Waals surface area contributed by atoms with Gasteiger partial charge in [-0.05, 0) is 61.4 Å². The van der Waals surface area contributed by atoms with Crippen LogP contribution in [0.2, 0.25) is 5.02 Å². The number of aryl methyl sites for hydroxylation is 2. The van der Waals surface area contributed by atoms with E-state index in [2.05, 4.69) is 16.7 Å². The molecule has 0 atom stereocenters. The fourth-order valence-corrected chi connectivity index (χ4v) is 4.13. The molecule has 1 aromatic heterocycles. The molecular weight excluding hydrogens is 436 g/mol. The number of benzene rings is 3. The molecule has 7 heteroatoms. The topological polar surface area (TPSA) is 76.0 Å². The first-order valence-electron chi connectivity index (χ1n) is 10.8. The number of halogens is 1. The van der Waals surface area contributed by atoms with E-state index in [1.807, 2.05) is 54.8 Å². The summed E-state index contributed by atoms with van der Waals surface area (Å²) in [5.41, 5.74) is 5.07. The van der Waals surface area contributed by atoms with Crippen LogP contribution in [0.1, 0.15) is 27.3 Å². The Morgan fingerprint density at radius 3 is 2.42 bits per heavy atom. The van der Waals surface area contributed by atoms with Crippen molar-refractivity contribution in [3.63, 3.8) is 0 Å². The number of imidazole rings is 1. The van der Waals surface area contributed by atoms with Crippen LogP contribution < -0.4 is 10.6 Å². The van der Waals surface area contributed by atoms with Gasteiger partial charge in [-0.3, -0.25) is 9.59 Å². The number of hydrogen-bond acceptors (Lipinski definition) is 3. The van der Waals surface area contributed by atoms with Crippen molar-refractivity contribution in [2.75, 3.05) is 11.9 Å². The normalized spacial score (nSPS) is 10.9. The highest BCUT2D eigenvalue weighted by Crippen LogP contribution is 2.18. The van der Waals surface area contributed by atoms with Gasteiger partial charge in [-0.1, -0.05) is 41.9 Å². The van der Waals surface area contributed by atoms with E-state index in [9.17, 15) is 9.59 Å². The van der Waals surface area contributed by atoms with Gasteiger partial charge < -0.3 is 15.2 Å². The van der Waals surface area contributed by atoms with Gasteiger partial charge in [0, 0.05) is 18.7 Å². The SMILES string of the molecule is Cc1cc(C)cc(NC(=O)Cn2c(CCNC(=O)c3ccccc3Cl)nc3ccccc32)c1. The molecule has 168 valence electrons. The molecule has 0 saturated carbocycles. The van der Waals surface area contributed by atoms with Gasteiger partial charge in [-0.25, -0.2) is 4.98 Å². The molecule has 1 heterocycles. The number of carbonyl (C=O) groups is 2. The predicted octanol–water partition coefficient (Wildman–Crippen LogP) is 4.92. The number of nitrogens with zero attached hydrogens (tertiary/aromatic N) is 2. The van der Waals surface area contributed by atoms with E-state index in [-0.39, 0.29) is 18.4 Å². The highest BCUT2D eigenvalue weighted by Gasteiger charge is 2.15. The minimum Gasteiger partial charge on any atom is -0.352 e. The summed E-state index contributed by atoms with van der Waals surface area (Å²) in [6, 6.07) is 20.6. The molecule has 6 nitrogen and oxygen atoms in total. The van der Waals surface area contributed by atoms with Gasteiger partial charge in [0.25, 0.3) is 5.91 Å². The van der Waals surface area contributed by atoms with E-state index in [4.69, 9.17) is 16.6 Å². The van der Waals surface area contributed by atoms with Gasteiger partial charge in [0.2, 0.25) is 5.91 Å². The van der Waals surface area contributed by atoms with Crippen LogP contribution in [0, 0.1) is 13.8 Å². The molecule has 0 fully saturated rings. The highest BCUT2D eigenvalue weighted by atomic mass is 35.5. The molecule has 2 N–H and O–H groups in total. The molecule has 0 aliphatic rings. The fraction of sp³-hybridized carbons (Fsp3) is 0.192. The molecule has 33 heavy (non-hydrogen) atoms. The number of aromatic nitrogens is 2. The Hall–Kier alpha value is -3.64. The maximum Gasteiger partial charge on any atom is 0.252 e. The Bertz CT molecular complexity index is 1310. The van der Waals surface area contributed by atoms with E-state index in [1.165, 1.54) is 0 Å². The second-order valence-electron chi connectivity index (χ2n) is 8.01. The summed E-state index contributed by atoms with van der Waals surface area (Å²) in [6.07, 6.45) is 0.474. The third-order valence-electron chi connectivity index (χ3n) is 5.29. The molecular formula is C26H25ClN4O2. The average Bonchev–Trinajstić information content (AvgIpc) is 3.10. The van der Waals surface area contributed by atoms with E-state index in [0.29, 0.717) is 23.6 Å². The lowest BCUT2D eigenvalue weighted by molar-refractivity contribution is -0.116. The van der Waals surface area contributed by atoms with E-state index in [1.54, 1.807) is 24.3 Å². The number of hydrogen-bond donors (Lipinski definition) is 2. The predicted molar refractivity (Wildman–Crippen MR) is 132 cm³/mol. The minimum absolute atomic E-state index is 0.126. The molecule has 0 aliphatic heterocycles. The Labute approximate surface area is 197 Å². The zero-order valence-corrected chi connectivity index (χ0v) is 19.3. The van der Waals surface area contributed by atoms with Gasteiger partial charge in [-0.15, -0.1) is 0 Å². The van der Waals surface area contributed by atoms with Crippen LogP contribution in [-0.2, 0) is 17.8 Å². The first kappa shape index (κ1) is 22.6. The second kappa shape index (κ2) is 9.88. The summed E-state index contributed by atoms with van der Waals surface area (Å²) in [4.78, 5) is 30.0. The first-order chi connectivity index (χ1) is 15.9. The van der Waals surface area contributed by atoms with Crippen molar-refractivity contribution in [1.82, 2.24) is 14.9 Å². The minimum atomic E-state index is -0.240. The second-order valence-corrected chi connectivity index (χ2v) is 8.42. The van der Waals surface area contributed by atoms with Crippen molar-refractivity contribution in [3.8, 4) is 0 Å². The molecule has 4 rings (SSSR count). The summed E-state index contributed by atoms with van der Waals surface area (Å²) < 4.78 is 1.90. The molecule has 3 aromatic carbocycles. The molecule has 0 saturated heterocycles. The third kappa shape index (κ3) is 5.41. The van der Waals surface area contributed by atoms with Gasteiger partial charge in [-0.2, -0.15) is 0 Å². The van der Waals surface area contributed by atoms with Crippen LogP contribution >= 0.6 is 11.6 Å². The lowest BCUT2D eigenvalue weighted by atomic mass is 10.1. The summed E-state index contributed by atoms with van der Waals surface area (Å²) in [6.45, 7) is 4.50. The zero-order chi connectivity index (χ0) is 23.4. The third-order valence-corrected chi connectivity index (χ3v) is 5.62. The quantitative estimate of drug-likeness (QED) is 0.411. The van der Waals surface area contributed by atoms with E-state index >= 15 is 0 Å². The largest absolute Gasteiger partial charge is 0.352 e. The smallest absolute Gasteiger partial charge is 0.252 e. The lowest BCUT2D eigenvalue weighted by Crippen LogP contribution is -2.27. The molecule has 2 amide bonds. The number of para-hydroxylation sites is 2. The molecule has 4 aromatic rings. The number of anilines is 1. The number of amides is 2.